The van der Waals surface area contributed by atoms with Crippen LogP contribution in [0.3, 0.4) is 0 Å². The third-order valence-corrected chi connectivity index (χ3v) is 10.4. The Balaban J connectivity index is 1.24. The Morgan fingerprint density at radius 3 is 1.56 bits per heavy atom. The van der Waals surface area contributed by atoms with E-state index in [1.54, 1.807) is 0 Å². The molecule has 0 bridgehead atoms. The summed E-state index contributed by atoms with van der Waals surface area (Å²) < 4.78 is 0. The summed E-state index contributed by atoms with van der Waals surface area (Å²) in [6, 6.07) is 68.4. The molecule has 0 saturated heterocycles. The predicted octanol–water partition coefficient (Wildman–Crippen LogP) is 13.6. The summed E-state index contributed by atoms with van der Waals surface area (Å²) in [6.45, 7) is 4.79. The zero-order valence-electron chi connectivity index (χ0n) is 28.3. The molecule has 1 aliphatic carbocycles. The lowest BCUT2D eigenvalue weighted by Gasteiger charge is -2.30. The summed E-state index contributed by atoms with van der Waals surface area (Å²) in [5.41, 5.74) is 16.0. The largest absolute Gasteiger partial charge is 0.310 e. The van der Waals surface area contributed by atoms with Crippen molar-refractivity contribution in [3.8, 4) is 44.5 Å². The molecule has 0 radical (unpaired) electrons. The first kappa shape index (κ1) is 29.9. The minimum Gasteiger partial charge on any atom is -0.310 e. The molecule has 50 heavy (non-hydrogen) atoms. The van der Waals surface area contributed by atoms with E-state index >= 15 is 0 Å². The van der Waals surface area contributed by atoms with Crippen molar-refractivity contribution >= 4 is 27.8 Å². The molecule has 8 aromatic rings. The van der Waals surface area contributed by atoms with Gasteiger partial charge in [-0.05, 0) is 97.2 Å². The van der Waals surface area contributed by atoms with Crippen LogP contribution in [0.15, 0.2) is 188 Å². The van der Waals surface area contributed by atoms with Gasteiger partial charge in [-0.15, -0.1) is 0 Å². The normalized spacial score (nSPS) is 12.8. The van der Waals surface area contributed by atoms with Crippen molar-refractivity contribution in [1.29, 1.82) is 0 Å². The van der Waals surface area contributed by atoms with Crippen LogP contribution in [0, 0.1) is 0 Å². The average molecular weight is 640 g/mol. The summed E-state index contributed by atoms with van der Waals surface area (Å²) in [5, 5.41) is 2.63. The first-order chi connectivity index (χ1) is 24.6. The predicted molar refractivity (Wildman–Crippen MR) is 213 cm³/mol. The second-order valence-corrected chi connectivity index (χ2v) is 13.7. The van der Waals surface area contributed by atoms with Gasteiger partial charge in [0.05, 0.1) is 5.69 Å². The lowest BCUT2D eigenvalue weighted by Crippen LogP contribution is -2.17. The number of nitrogens with zero attached hydrogens (tertiary/aromatic N) is 1. The highest BCUT2D eigenvalue weighted by Crippen LogP contribution is 2.55. The van der Waals surface area contributed by atoms with Crippen LogP contribution in [0.2, 0.25) is 0 Å². The number of rotatable bonds is 6. The van der Waals surface area contributed by atoms with E-state index in [0.717, 1.165) is 17.1 Å². The fraction of sp³-hybridized carbons (Fsp3) is 0.0612. The Morgan fingerprint density at radius 2 is 0.880 bits per heavy atom. The number of anilines is 3. The third kappa shape index (κ3) is 4.94. The molecule has 0 amide bonds. The van der Waals surface area contributed by atoms with E-state index in [2.05, 4.69) is 207 Å². The van der Waals surface area contributed by atoms with Gasteiger partial charge in [-0.2, -0.15) is 0 Å². The first-order valence-corrected chi connectivity index (χ1v) is 17.4. The van der Waals surface area contributed by atoms with Gasteiger partial charge < -0.3 is 4.90 Å². The maximum Gasteiger partial charge on any atom is 0.0540 e. The molecule has 0 aliphatic heterocycles. The Kier molecular flexibility index (Phi) is 7.21. The van der Waals surface area contributed by atoms with E-state index < -0.39 is 0 Å². The van der Waals surface area contributed by atoms with Crippen LogP contribution in [0.25, 0.3) is 55.3 Å². The van der Waals surface area contributed by atoms with Crippen molar-refractivity contribution in [3.05, 3.63) is 199 Å². The van der Waals surface area contributed by atoms with Crippen LogP contribution in [0.1, 0.15) is 25.0 Å². The van der Waals surface area contributed by atoms with Crippen LogP contribution < -0.4 is 4.90 Å². The van der Waals surface area contributed by atoms with Crippen LogP contribution >= 0.6 is 0 Å². The summed E-state index contributed by atoms with van der Waals surface area (Å²) in [4.78, 5) is 2.43. The van der Waals surface area contributed by atoms with Crippen LogP contribution in [0.5, 0.6) is 0 Å². The molecule has 238 valence electrons. The Hall–Kier alpha value is -6.18. The molecule has 1 nitrogen and oxygen atoms in total. The number of fused-ring (bicyclic) bond motifs is 5. The van der Waals surface area contributed by atoms with Crippen LogP contribution in [-0.4, -0.2) is 0 Å². The maximum atomic E-state index is 2.44. The van der Waals surface area contributed by atoms with Gasteiger partial charge in [0.1, 0.15) is 0 Å². The number of para-hydroxylation sites is 1. The molecule has 0 atom stereocenters. The number of benzene rings is 8. The zero-order valence-corrected chi connectivity index (χ0v) is 28.3. The highest BCUT2D eigenvalue weighted by Gasteiger charge is 2.38. The van der Waals surface area contributed by atoms with Crippen molar-refractivity contribution in [2.24, 2.45) is 0 Å². The molecule has 0 heterocycles. The fourth-order valence-electron chi connectivity index (χ4n) is 8.07. The molecule has 0 N–H and O–H groups in total. The van der Waals surface area contributed by atoms with Gasteiger partial charge in [-0.25, -0.2) is 0 Å². The van der Waals surface area contributed by atoms with Crippen molar-refractivity contribution in [2.75, 3.05) is 4.90 Å². The topological polar surface area (TPSA) is 3.24 Å². The Labute approximate surface area is 294 Å². The van der Waals surface area contributed by atoms with E-state index in [9.17, 15) is 0 Å². The van der Waals surface area contributed by atoms with Gasteiger partial charge in [-0.1, -0.05) is 166 Å². The monoisotopic (exact) mass is 639 g/mol. The smallest absolute Gasteiger partial charge is 0.0540 e. The lowest BCUT2D eigenvalue weighted by molar-refractivity contribution is 0.666. The van der Waals surface area contributed by atoms with Gasteiger partial charge in [0.2, 0.25) is 0 Å². The third-order valence-electron chi connectivity index (χ3n) is 10.4. The van der Waals surface area contributed by atoms with Crippen LogP contribution in [0.4, 0.5) is 17.1 Å². The van der Waals surface area contributed by atoms with Crippen molar-refractivity contribution in [2.45, 2.75) is 19.3 Å². The summed E-state index contributed by atoms with van der Waals surface area (Å²) in [7, 11) is 0. The van der Waals surface area contributed by atoms with Crippen molar-refractivity contribution in [3.63, 3.8) is 0 Å². The number of hydrogen-bond acceptors (Lipinski definition) is 1. The SMILES string of the molecule is CC1(C)c2cc(N(c3ccc(-c4ccccc4)cc3)c3ccccc3-c3ccccc3)ccc2-c2cc(-c3ccccc3)c3ccccc3c21. The van der Waals surface area contributed by atoms with Crippen molar-refractivity contribution in [1.82, 2.24) is 0 Å². The second kappa shape index (κ2) is 12.1. The summed E-state index contributed by atoms with van der Waals surface area (Å²) in [6.07, 6.45) is 0. The molecule has 0 unspecified atom stereocenters. The molecular weight excluding hydrogens is 603 g/mol. The highest BCUT2D eigenvalue weighted by atomic mass is 15.1. The van der Waals surface area contributed by atoms with E-state index in [0.29, 0.717) is 0 Å². The molecule has 0 fully saturated rings. The molecule has 0 aromatic heterocycles. The molecular formula is C49H37N. The van der Waals surface area contributed by atoms with Gasteiger partial charge in [-0.3, -0.25) is 0 Å². The Morgan fingerprint density at radius 1 is 0.360 bits per heavy atom. The van der Waals surface area contributed by atoms with Gasteiger partial charge in [0, 0.05) is 22.4 Å². The molecule has 0 saturated carbocycles. The summed E-state index contributed by atoms with van der Waals surface area (Å²) in [5.74, 6) is 0. The molecule has 1 aliphatic rings. The van der Waals surface area contributed by atoms with E-state index in [1.807, 2.05) is 0 Å². The standard InChI is InChI=1S/C49H37N/c1-49(2)46-32-39(30-31-42(46)45-33-44(37-20-10-5-11-21-37)41-23-12-13-24-43(41)48(45)49)50(38-28-26-35(27-29-38)34-16-6-3-7-17-34)47-25-15-14-22-40(47)36-18-8-4-9-19-36/h3-33H,1-2H3. The zero-order chi connectivity index (χ0) is 33.7. The highest BCUT2D eigenvalue weighted by molar-refractivity contribution is 6.06. The van der Waals surface area contributed by atoms with Gasteiger partial charge in [0.25, 0.3) is 0 Å². The quantitative estimate of drug-likeness (QED) is 0.175. The molecule has 1 heteroatoms. The van der Waals surface area contributed by atoms with Gasteiger partial charge in [0.15, 0.2) is 0 Å². The number of hydrogen-bond donors (Lipinski definition) is 0. The maximum absolute atomic E-state index is 2.44. The van der Waals surface area contributed by atoms with E-state index in [1.165, 1.54) is 66.4 Å². The molecule has 0 spiro atoms. The van der Waals surface area contributed by atoms with Gasteiger partial charge >= 0.3 is 0 Å². The minimum absolute atomic E-state index is 0.197. The summed E-state index contributed by atoms with van der Waals surface area (Å²) >= 11 is 0. The fourth-order valence-corrected chi connectivity index (χ4v) is 8.07. The average Bonchev–Trinajstić information content (AvgIpc) is 3.41. The second-order valence-electron chi connectivity index (χ2n) is 13.7. The van der Waals surface area contributed by atoms with Crippen LogP contribution in [-0.2, 0) is 5.41 Å². The molecule has 8 aromatic carbocycles. The lowest BCUT2D eigenvalue weighted by atomic mass is 9.79. The van der Waals surface area contributed by atoms with E-state index in [-0.39, 0.29) is 5.41 Å². The first-order valence-electron chi connectivity index (χ1n) is 17.4. The van der Waals surface area contributed by atoms with Crippen molar-refractivity contribution < 1.29 is 0 Å². The molecule has 9 rings (SSSR count). The Bertz CT molecular complexity index is 2480. The van der Waals surface area contributed by atoms with E-state index in [4.69, 9.17) is 0 Å². The minimum atomic E-state index is -0.197.